The zero-order valence-corrected chi connectivity index (χ0v) is 16.5. The quantitative estimate of drug-likeness (QED) is 0.789. The highest BCUT2D eigenvalue weighted by Crippen LogP contribution is 2.29. The molecule has 1 aromatic heterocycles. The summed E-state index contributed by atoms with van der Waals surface area (Å²) in [6, 6.07) is 9.41. The molecular weight excluding hydrogens is 354 g/mol. The van der Waals surface area contributed by atoms with Gasteiger partial charge in [-0.15, -0.1) is 0 Å². The summed E-state index contributed by atoms with van der Waals surface area (Å²) in [6.45, 7) is 4.03. The van der Waals surface area contributed by atoms with Crippen molar-refractivity contribution >= 4 is 5.91 Å². The molecule has 4 rings (SSSR count). The molecule has 0 bridgehead atoms. The minimum Gasteiger partial charge on any atom is -0.383 e. The summed E-state index contributed by atoms with van der Waals surface area (Å²) in [4.78, 5) is 21.3. The van der Waals surface area contributed by atoms with E-state index in [1.807, 2.05) is 4.90 Å². The van der Waals surface area contributed by atoms with Crippen LogP contribution in [0.3, 0.4) is 0 Å². The van der Waals surface area contributed by atoms with Crippen LogP contribution in [0.15, 0.2) is 30.6 Å². The lowest BCUT2D eigenvalue weighted by Gasteiger charge is -2.38. The number of carbonyl (C=O) groups is 1. The predicted octanol–water partition coefficient (Wildman–Crippen LogP) is 1.77. The monoisotopic (exact) mass is 383 g/mol. The molecule has 2 heterocycles. The SMILES string of the molecule is COCCN(C[C@@H]1CCCN(C2Cc3ccccc3C2)C1)C(=O)c1ncn[nH]1. The molecule has 0 unspecified atom stereocenters. The molecule has 0 saturated carbocycles. The number of rotatable bonds is 7. The van der Waals surface area contributed by atoms with Gasteiger partial charge in [-0.05, 0) is 49.3 Å². The number of piperidine rings is 1. The summed E-state index contributed by atoms with van der Waals surface area (Å²) in [5, 5.41) is 6.50. The van der Waals surface area contributed by atoms with Crippen molar-refractivity contribution in [3.8, 4) is 0 Å². The van der Waals surface area contributed by atoms with Crippen molar-refractivity contribution in [3.63, 3.8) is 0 Å². The van der Waals surface area contributed by atoms with Crippen molar-refractivity contribution in [3.05, 3.63) is 47.5 Å². The number of amides is 1. The van der Waals surface area contributed by atoms with E-state index in [0.717, 1.165) is 38.9 Å². The Kier molecular flexibility index (Phi) is 6.02. The van der Waals surface area contributed by atoms with Crippen molar-refractivity contribution in [2.45, 2.75) is 31.7 Å². The number of H-pyrrole nitrogens is 1. The van der Waals surface area contributed by atoms with E-state index in [4.69, 9.17) is 4.74 Å². The predicted molar refractivity (Wildman–Crippen MR) is 106 cm³/mol. The number of aromatic nitrogens is 3. The molecule has 2 aliphatic rings. The van der Waals surface area contributed by atoms with Gasteiger partial charge in [-0.25, -0.2) is 4.98 Å². The first-order valence-corrected chi connectivity index (χ1v) is 10.2. The second-order valence-corrected chi connectivity index (χ2v) is 7.91. The molecule has 7 nitrogen and oxygen atoms in total. The van der Waals surface area contributed by atoms with Crippen LogP contribution in [-0.4, -0.2) is 76.8 Å². The van der Waals surface area contributed by atoms with E-state index in [1.54, 1.807) is 7.11 Å². The Hall–Kier alpha value is -2.25. The molecule has 150 valence electrons. The molecule has 0 spiro atoms. The van der Waals surface area contributed by atoms with Crippen LogP contribution in [0, 0.1) is 5.92 Å². The minimum atomic E-state index is -0.0973. The smallest absolute Gasteiger partial charge is 0.291 e. The second kappa shape index (κ2) is 8.84. The number of benzene rings is 1. The van der Waals surface area contributed by atoms with Crippen molar-refractivity contribution in [2.75, 3.05) is 39.9 Å². The Labute approximate surface area is 166 Å². The first-order valence-electron chi connectivity index (χ1n) is 10.2. The van der Waals surface area contributed by atoms with Gasteiger partial charge in [0.15, 0.2) is 0 Å². The van der Waals surface area contributed by atoms with E-state index in [2.05, 4.69) is 44.3 Å². The number of nitrogens with zero attached hydrogens (tertiary/aromatic N) is 4. The zero-order chi connectivity index (χ0) is 19.3. The maximum atomic E-state index is 12.8. The Morgan fingerprint density at radius 1 is 1.32 bits per heavy atom. The van der Waals surface area contributed by atoms with Crippen LogP contribution in [0.1, 0.15) is 34.6 Å². The third-order valence-electron chi connectivity index (χ3n) is 6.04. The molecule has 28 heavy (non-hydrogen) atoms. The summed E-state index contributed by atoms with van der Waals surface area (Å²) in [5.41, 5.74) is 2.99. The van der Waals surface area contributed by atoms with Gasteiger partial charge in [-0.3, -0.25) is 14.8 Å². The normalized spacial score (nSPS) is 20.2. The number of likely N-dealkylation sites (tertiary alicyclic amines) is 1. The van der Waals surface area contributed by atoms with Crippen LogP contribution in [0.25, 0.3) is 0 Å². The Bertz CT molecular complexity index is 754. The second-order valence-electron chi connectivity index (χ2n) is 7.91. The number of nitrogens with one attached hydrogen (secondary N) is 1. The molecular formula is C21H29N5O2. The Balaban J connectivity index is 1.38. The fourth-order valence-electron chi connectivity index (χ4n) is 4.62. The molecule has 1 N–H and O–H groups in total. The van der Waals surface area contributed by atoms with Gasteiger partial charge in [0.1, 0.15) is 6.33 Å². The van der Waals surface area contributed by atoms with Crippen LogP contribution >= 0.6 is 0 Å². The lowest BCUT2D eigenvalue weighted by atomic mass is 9.95. The molecule has 1 aromatic carbocycles. The van der Waals surface area contributed by atoms with Crippen LogP contribution < -0.4 is 0 Å². The van der Waals surface area contributed by atoms with Crippen molar-refractivity contribution in [1.82, 2.24) is 25.0 Å². The van der Waals surface area contributed by atoms with E-state index in [1.165, 1.54) is 23.9 Å². The first-order chi connectivity index (χ1) is 13.7. The maximum Gasteiger partial charge on any atom is 0.291 e. The van der Waals surface area contributed by atoms with Gasteiger partial charge in [0, 0.05) is 32.8 Å². The molecule has 0 radical (unpaired) electrons. The largest absolute Gasteiger partial charge is 0.383 e. The van der Waals surface area contributed by atoms with Gasteiger partial charge in [-0.1, -0.05) is 24.3 Å². The first kappa shape index (κ1) is 19.1. The average Bonchev–Trinajstić information content (AvgIpc) is 3.40. The lowest BCUT2D eigenvalue weighted by Crippen LogP contribution is -2.47. The van der Waals surface area contributed by atoms with E-state index in [0.29, 0.717) is 30.9 Å². The molecule has 1 atom stereocenters. The topological polar surface area (TPSA) is 74.3 Å². The van der Waals surface area contributed by atoms with Gasteiger partial charge in [0.25, 0.3) is 5.91 Å². The molecule has 1 aliphatic carbocycles. The van der Waals surface area contributed by atoms with Crippen LogP contribution in [0.5, 0.6) is 0 Å². The van der Waals surface area contributed by atoms with E-state index < -0.39 is 0 Å². The van der Waals surface area contributed by atoms with Crippen LogP contribution in [0.4, 0.5) is 0 Å². The third-order valence-corrected chi connectivity index (χ3v) is 6.04. The molecule has 1 amide bonds. The fraction of sp³-hybridized carbons (Fsp3) is 0.571. The third kappa shape index (κ3) is 4.25. The molecule has 1 aliphatic heterocycles. The zero-order valence-electron chi connectivity index (χ0n) is 16.5. The highest BCUT2D eigenvalue weighted by molar-refractivity contribution is 5.90. The summed E-state index contributed by atoms with van der Waals surface area (Å²) >= 11 is 0. The highest BCUT2D eigenvalue weighted by Gasteiger charge is 2.32. The van der Waals surface area contributed by atoms with Gasteiger partial charge in [-0.2, -0.15) is 5.10 Å². The van der Waals surface area contributed by atoms with Crippen LogP contribution in [-0.2, 0) is 17.6 Å². The van der Waals surface area contributed by atoms with Gasteiger partial charge in [0.2, 0.25) is 5.82 Å². The minimum absolute atomic E-state index is 0.0973. The van der Waals surface area contributed by atoms with Crippen molar-refractivity contribution < 1.29 is 9.53 Å². The number of fused-ring (bicyclic) bond motifs is 1. The van der Waals surface area contributed by atoms with E-state index >= 15 is 0 Å². The number of methoxy groups -OCH3 is 1. The summed E-state index contributed by atoms with van der Waals surface area (Å²) < 4.78 is 5.22. The summed E-state index contributed by atoms with van der Waals surface area (Å²) in [7, 11) is 1.66. The number of aromatic amines is 1. The Morgan fingerprint density at radius 3 is 2.79 bits per heavy atom. The number of hydrogen-bond donors (Lipinski definition) is 1. The van der Waals surface area contributed by atoms with E-state index in [-0.39, 0.29) is 5.91 Å². The number of carbonyl (C=O) groups excluding carboxylic acids is 1. The van der Waals surface area contributed by atoms with E-state index in [9.17, 15) is 4.79 Å². The van der Waals surface area contributed by atoms with Gasteiger partial charge >= 0.3 is 0 Å². The molecule has 1 fully saturated rings. The summed E-state index contributed by atoms with van der Waals surface area (Å²) in [6.07, 6.45) is 6.01. The summed E-state index contributed by atoms with van der Waals surface area (Å²) in [5.74, 6) is 0.677. The standard InChI is InChI=1S/C21H29N5O2/c1-28-10-9-26(21(27)20-22-15-23-24-20)14-16-5-4-8-25(13-16)19-11-17-6-2-3-7-18(17)12-19/h2-3,6-7,15-16,19H,4-5,8-14H2,1H3,(H,22,23,24)/t16-/m1/s1. The molecule has 2 aromatic rings. The fourth-order valence-corrected chi connectivity index (χ4v) is 4.62. The van der Waals surface area contributed by atoms with Crippen molar-refractivity contribution in [2.24, 2.45) is 5.92 Å². The molecule has 7 heteroatoms. The van der Waals surface area contributed by atoms with Gasteiger partial charge < -0.3 is 9.64 Å². The number of ether oxygens (including phenoxy) is 1. The van der Waals surface area contributed by atoms with Gasteiger partial charge in [0.05, 0.1) is 6.61 Å². The maximum absolute atomic E-state index is 12.8. The average molecular weight is 383 g/mol. The van der Waals surface area contributed by atoms with Crippen LogP contribution in [0.2, 0.25) is 0 Å². The highest BCUT2D eigenvalue weighted by atomic mass is 16.5. The van der Waals surface area contributed by atoms with Crippen molar-refractivity contribution in [1.29, 1.82) is 0 Å². The lowest BCUT2D eigenvalue weighted by molar-refractivity contribution is 0.0563. The molecule has 1 saturated heterocycles. The number of hydrogen-bond acceptors (Lipinski definition) is 5. The Morgan fingerprint density at radius 2 is 2.11 bits per heavy atom.